The lowest BCUT2D eigenvalue weighted by Gasteiger charge is -2.42. The average Bonchev–Trinajstić information content (AvgIpc) is 2.44. The molecule has 3 nitrogen and oxygen atoms in total. The number of thioether (sulfide) groups is 1. The summed E-state index contributed by atoms with van der Waals surface area (Å²) in [6.45, 7) is 3.83. The molecule has 2 rings (SSSR count). The zero-order valence-electron chi connectivity index (χ0n) is 9.42. The topological polar surface area (TPSA) is 32.3 Å². The van der Waals surface area contributed by atoms with Crippen LogP contribution in [0.2, 0.25) is 0 Å². The predicted octanol–water partition coefficient (Wildman–Crippen LogP) is 1.09. The summed E-state index contributed by atoms with van der Waals surface area (Å²) in [5.74, 6) is 0.393. The van der Waals surface area contributed by atoms with Crippen molar-refractivity contribution in [1.29, 1.82) is 0 Å². The second-order valence-corrected chi connectivity index (χ2v) is 5.64. The van der Waals surface area contributed by atoms with Crippen molar-refractivity contribution in [1.82, 2.24) is 10.2 Å². The highest BCUT2D eigenvalue weighted by Gasteiger charge is 2.45. The Labute approximate surface area is 96.0 Å². The molecule has 0 aromatic heterocycles. The summed E-state index contributed by atoms with van der Waals surface area (Å²) in [6, 6.07) is 0. The molecule has 1 saturated heterocycles. The van der Waals surface area contributed by atoms with Crippen molar-refractivity contribution in [2.45, 2.75) is 30.4 Å². The standard InChI is InChI=1S/C11H20N2OS/c1-15-11(4-2-5-11)10(14)13-8-3-6-12-7-9-13/h12H,2-9H2,1H3. The van der Waals surface area contributed by atoms with Crippen LogP contribution in [0.1, 0.15) is 25.7 Å². The van der Waals surface area contributed by atoms with E-state index < -0.39 is 0 Å². The van der Waals surface area contributed by atoms with Crippen LogP contribution in [0.25, 0.3) is 0 Å². The third-order valence-corrected chi connectivity index (χ3v) is 4.93. The maximum Gasteiger partial charge on any atom is 0.238 e. The molecule has 1 aliphatic carbocycles. The first-order valence-corrected chi connectivity index (χ1v) is 7.06. The molecule has 2 aliphatic rings. The van der Waals surface area contributed by atoms with Crippen LogP contribution in [0.5, 0.6) is 0 Å². The number of amides is 1. The first-order chi connectivity index (χ1) is 7.28. The van der Waals surface area contributed by atoms with Crippen molar-refractivity contribution in [2.24, 2.45) is 0 Å². The molecule has 0 aromatic rings. The van der Waals surface area contributed by atoms with E-state index in [0.717, 1.165) is 45.4 Å². The van der Waals surface area contributed by atoms with Crippen LogP contribution in [0.4, 0.5) is 0 Å². The minimum absolute atomic E-state index is 0.0512. The molecule has 1 N–H and O–H groups in total. The zero-order valence-corrected chi connectivity index (χ0v) is 10.2. The van der Waals surface area contributed by atoms with Gasteiger partial charge in [-0.3, -0.25) is 4.79 Å². The smallest absolute Gasteiger partial charge is 0.238 e. The van der Waals surface area contributed by atoms with Crippen molar-refractivity contribution in [3.05, 3.63) is 0 Å². The Hall–Kier alpha value is -0.220. The fraction of sp³-hybridized carbons (Fsp3) is 0.909. The van der Waals surface area contributed by atoms with Crippen molar-refractivity contribution >= 4 is 17.7 Å². The van der Waals surface area contributed by atoms with Gasteiger partial charge in [0.05, 0.1) is 4.75 Å². The van der Waals surface area contributed by atoms with E-state index >= 15 is 0 Å². The van der Waals surface area contributed by atoms with E-state index in [4.69, 9.17) is 0 Å². The lowest BCUT2D eigenvalue weighted by Crippen LogP contribution is -2.51. The first-order valence-electron chi connectivity index (χ1n) is 5.84. The van der Waals surface area contributed by atoms with Crippen molar-refractivity contribution in [3.8, 4) is 0 Å². The van der Waals surface area contributed by atoms with E-state index in [-0.39, 0.29) is 4.75 Å². The molecule has 1 amide bonds. The number of carbonyl (C=O) groups excluding carboxylic acids is 1. The molecule has 4 heteroatoms. The average molecular weight is 228 g/mol. The monoisotopic (exact) mass is 228 g/mol. The van der Waals surface area contributed by atoms with Crippen LogP contribution in [-0.4, -0.2) is 48.0 Å². The number of nitrogens with zero attached hydrogens (tertiary/aromatic N) is 1. The Morgan fingerprint density at radius 2 is 2.07 bits per heavy atom. The lowest BCUT2D eigenvalue weighted by molar-refractivity contribution is -0.135. The fourth-order valence-electron chi connectivity index (χ4n) is 2.34. The van der Waals surface area contributed by atoms with Crippen LogP contribution < -0.4 is 5.32 Å². The Kier molecular flexibility index (Phi) is 3.57. The number of nitrogens with one attached hydrogen (secondary N) is 1. The van der Waals surface area contributed by atoms with Gasteiger partial charge in [-0.15, -0.1) is 11.8 Å². The van der Waals surface area contributed by atoms with E-state index in [0.29, 0.717) is 5.91 Å². The highest BCUT2D eigenvalue weighted by atomic mass is 32.2. The zero-order chi connectivity index (χ0) is 10.7. The molecule has 0 bridgehead atoms. The molecule has 0 radical (unpaired) electrons. The molecule has 0 aromatic carbocycles. The van der Waals surface area contributed by atoms with Gasteiger partial charge in [0.25, 0.3) is 0 Å². The third kappa shape index (κ3) is 2.16. The summed E-state index contributed by atoms with van der Waals surface area (Å²) >= 11 is 1.76. The van der Waals surface area contributed by atoms with Crippen LogP contribution in [0.15, 0.2) is 0 Å². The van der Waals surface area contributed by atoms with E-state index in [2.05, 4.69) is 16.5 Å². The summed E-state index contributed by atoms with van der Waals surface area (Å²) in [5, 5.41) is 3.34. The summed E-state index contributed by atoms with van der Waals surface area (Å²) in [5.41, 5.74) is 0. The van der Waals surface area contributed by atoms with Gasteiger partial charge in [0.1, 0.15) is 0 Å². The van der Waals surface area contributed by atoms with Crippen LogP contribution in [0, 0.1) is 0 Å². The molecule has 1 heterocycles. The van der Waals surface area contributed by atoms with Crippen LogP contribution in [0.3, 0.4) is 0 Å². The van der Waals surface area contributed by atoms with Crippen molar-refractivity contribution in [3.63, 3.8) is 0 Å². The Morgan fingerprint density at radius 3 is 2.67 bits per heavy atom. The van der Waals surface area contributed by atoms with Gasteiger partial charge in [-0.05, 0) is 38.5 Å². The number of rotatable bonds is 2. The van der Waals surface area contributed by atoms with E-state index in [1.807, 2.05) is 0 Å². The quantitative estimate of drug-likeness (QED) is 0.768. The molecule has 15 heavy (non-hydrogen) atoms. The molecular formula is C11H20N2OS. The summed E-state index contributed by atoms with van der Waals surface area (Å²) in [4.78, 5) is 14.4. The number of hydrogen-bond acceptors (Lipinski definition) is 3. The summed E-state index contributed by atoms with van der Waals surface area (Å²) in [6.07, 6.45) is 6.55. The van der Waals surface area contributed by atoms with E-state index in [1.54, 1.807) is 11.8 Å². The molecule has 0 unspecified atom stereocenters. The summed E-state index contributed by atoms with van der Waals surface area (Å²) in [7, 11) is 0. The number of hydrogen-bond donors (Lipinski definition) is 1. The Bertz CT molecular complexity index is 227. The van der Waals surface area contributed by atoms with Gasteiger partial charge in [0, 0.05) is 19.6 Å². The Morgan fingerprint density at radius 1 is 1.27 bits per heavy atom. The highest BCUT2D eigenvalue weighted by molar-refractivity contribution is 8.00. The van der Waals surface area contributed by atoms with E-state index in [9.17, 15) is 4.79 Å². The van der Waals surface area contributed by atoms with Crippen LogP contribution >= 0.6 is 11.8 Å². The maximum absolute atomic E-state index is 12.4. The first kappa shape index (κ1) is 11.3. The molecule has 0 atom stereocenters. The largest absolute Gasteiger partial charge is 0.340 e. The maximum atomic E-state index is 12.4. The third-order valence-electron chi connectivity index (χ3n) is 3.57. The van der Waals surface area contributed by atoms with Crippen LogP contribution in [-0.2, 0) is 4.79 Å². The highest BCUT2D eigenvalue weighted by Crippen LogP contribution is 2.44. The molecular weight excluding hydrogens is 208 g/mol. The lowest BCUT2D eigenvalue weighted by atomic mass is 9.83. The second kappa shape index (κ2) is 4.74. The molecule has 86 valence electrons. The SMILES string of the molecule is CSC1(C(=O)N2CCCNCC2)CCC1. The van der Waals surface area contributed by atoms with Gasteiger partial charge in [-0.1, -0.05) is 0 Å². The van der Waals surface area contributed by atoms with Gasteiger partial charge in [0.15, 0.2) is 0 Å². The molecule has 1 saturated carbocycles. The van der Waals surface area contributed by atoms with Gasteiger partial charge < -0.3 is 10.2 Å². The van der Waals surface area contributed by atoms with Crippen molar-refractivity contribution in [2.75, 3.05) is 32.4 Å². The summed E-state index contributed by atoms with van der Waals surface area (Å²) < 4.78 is -0.0512. The minimum atomic E-state index is -0.0512. The van der Waals surface area contributed by atoms with Crippen molar-refractivity contribution < 1.29 is 4.79 Å². The normalized spacial score (nSPS) is 25.5. The number of carbonyl (C=O) groups is 1. The van der Waals surface area contributed by atoms with Gasteiger partial charge in [-0.25, -0.2) is 0 Å². The molecule has 0 spiro atoms. The fourth-order valence-corrected chi connectivity index (χ4v) is 3.34. The van der Waals surface area contributed by atoms with Gasteiger partial charge in [-0.2, -0.15) is 0 Å². The molecule has 2 fully saturated rings. The van der Waals surface area contributed by atoms with Gasteiger partial charge >= 0.3 is 0 Å². The predicted molar refractivity (Wildman–Crippen MR) is 64.2 cm³/mol. The molecule has 1 aliphatic heterocycles. The Balaban J connectivity index is 1.98. The second-order valence-electron chi connectivity index (χ2n) is 4.45. The minimum Gasteiger partial charge on any atom is -0.340 e. The van der Waals surface area contributed by atoms with Gasteiger partial charge in [0.2, 0.25) is 5.91 Å². The van der Waals surface area contributed by atoms with E-state index in [1.165, 1.54) is 6.42 Å².